The van der Waals surface area contributed by atoms with Gasteiger partial charge in [0, 0.05) is 19.0 Å². The number of H-pyrrole nitrogens is 1. The number of hydrogen-bond donors (Lipinski definition) is 2. The first-order valence-electron chi connectivity index (χ1n) is 7.50. The summed E-state index contributed by atoms with van der Waals surface area (Å²) in [6.07, 6.45) is 0.867. The topological polar surface area (TPSA) is 95.2 Å². The second kappa shape index (κ2) is 7.53. The summed E-state index contributed by atoms with van der Waals surface area (Å²) < 4.78 is 0. The lowest BCUT2D eigenvalue weighted by Crippen LogP contribution is -2.39. The predicted molar refractivity (Wildman–Crippen MR) is 87.0 cm³/mol. The molecule has 1 aromatic carbocycles. The average Bonchev–Trinajstić information content (AvgIpc) is 2.55. The molecule has 0 radical (unpaired) electrons. The number of aromatic amines is 1. The Labute approximate surface area is 133 Å². The highest BCUT2D eigenvalue weighted by Gasteiger charge is 2.16. The Balaban J connectivity index is 2.10. The lowest BCUT2D eigenvalue weighted by Gasteiger charge is -2.16. The molecule has 2 aromatic rings. The predicted octanol–water partition coefficient (Wildman–Crippen LogP) is 0.450. The quantitative estimate of drug-likeness (QED) is 0.809. The molecule has 1 aromatic heterocycles. The molecule has 1 heterocycles. The molecule has 0 aliphatic heterocycles. The maximum Gasteiger partial charge on any atom is 0.272 e. The molecule has 2 rings (SSSR count). The van der Waals surface area contributed by atoms with E-state index in [1.165, 1.54) is 4.90 Å². The number of fused-ring (bicyclic) bond motifs is 1. The minimum Gasteiger partial charge on any atom is -0.355 e. The highest BCUT2D eigenvalue weighted by Crippen LogP contribution is 2.13. The Kier molecular flexibility index (Phi) is 5.46. The third kappa shape index (κ3) is 4.15. The van der Waals surface area contributed by atoms with Gasteiger partial charge in [-0.1, -0.05) is 25.1 Å². The number of amides is 2. The minimum absolute atomic E-state index is 0.000118. The maximum atomic E-state index is 12.3. The van der Waals surface area contributed by atoms with Crippen LogP contribution in [0.4, 0.5) is 0 Å². The van der Waals surface area contributed by atoms with E-state index in [1.807, 2.05) is 6.92 Å². The summed E-state index contributed by atoms with van der Waals surface area (Å²) >= 11 is 0. The fraction of sp³-hybridized carbons (Fsp3) is 0.375. The molecule has 0 saturated carbocycles. The van der Waals surface area contributed by atoms with E-state index in [-0.39, 0.29) is 30.3 Å². The van der Waals surface area contributed by atoms with Crippen LogP contribution in [0.1, 0.15) is 19.0 Å². The van der Waals surface area contributed by atoms with Gasteiger partial charge in [-0.3, -0.25) is 14.4 Å². The van der Waals surface area contributed by atoms with Crippen LogP contribution in [0.3, 0.4) is 0 Å². The van der Waals surface area contributed by atoms with Gasteiger partial charge in [-0.2, -0.15) is 5.10 Å². The third-order valence-corrected chi connectivity index (χ3v) is 3.47. The number of carbonyl (C=O) groups excluding carboxylic acids is 2. The minimum atomic E-state index is -0.288. The normalized spacial score (nSPS) is 10.5. The molecular weight excluding hydrogens is 296 g/mol. The third-order valence-electron chi connectivity index (χ3n) is 3.47. The van der Waals surface area contributed by atoms with Crippen molar-refractivity contribution < 1.29 is 9.59 Å². The van der Waals surface area contributed by atoms with Crippen LogP contribution in [-0.4, -0.2) is 47.0 Å². The molecule has 0 fully saturated rings. The zero-order valence-electron chi connectivity index (χ0n) is 13.3. The molecule has 122 valence electrons. The smallest absolute Gasteiger partial charge is 0.272 e. The number of aromatic nitrogens is 2. The van der Waals surface area contributed by atoms with E-state index in [1.54, 1.807) is 31.3 Å². The van der Waals surface area contributed by atoms with Crippen LogP contribution in [-0.2, 0) is 16.0 Å². The van der Waals surface area contributed by atoms with E-state index < -0.39 is 0 Å². The van der Waals surface area contributed by atoms with E-state index in [0.29, 0.717) is 23.0 Å². The molecule has 0 saturated heterocycles. The standard InChI is InChI=1S/C16H20N4O3/c1-3-8-17-14(21)10-20(2)15(22)9-13-11-6-4-5-7-12(11)16(23)19-18-13/h4-7H,3,8-10H2,1-2H3,(H,17,21)(H,19,23). The SMILES string of the molecule is CCCNC(=O)CN(C)C(=O)Cc1n[nH]c(=O)c2ccccc12. The molecule has 7 nitrogen and oxygen atoms in total. The molecule has 0 atom stereocenters. The van der Waals surface area contributed by atoms with Gasteiger partial charge in [0.05, 0.1) is 24.0 Å². The summed E-state index contributed by atoms with van der Waals surface area (Å²) in [5, 5.41) is 10.2. The maximum absolute atomic E-state index is 12.3. The molecule has 23 heavy (non-hydrogen) atoms. The van der Waals surface area contributed by atoms with Crippen LogP contribution < -0.4 is 10.9 Å². The Bertz CT molecular complexity index is 769. The molecule has 0 aliphatic rings. The van der Waals surface area contributed by atoms with Crippen molar-refractivity contribution in [2.24, 2.45) is 0 Å². The first kappa shape index (κ1) is 16.7. The molecular formula is C16H20N4O3. The highest BCUT2D eigenvalue weighted by atomic mass is 16.2. The van der Waals surface area contributed by atoms with Gasteiger partial charge in [0.2, 0.25) is 11.8 Å². The zero-order valence-corrected chi connectivity index (χ0v) is 13.3. The van der Waals surface area contributed by atoms with Gasteiger partial charge in [-0.05, 0) is 12.5 Å². The summed E-state index contributed by atoms with van der Waals surface area (Å²) in [7, 11) is 1.57. The fourth-order valence-corrected chi connectivity index (χ4v) is 2.21. The number of nitrogens with one attached hydrogen (secondary N) is 2. The summed E-state index contributed by atoms with van der Waals surface area (Å²) in [5.41, 5.74) is 0.204. The highest BCUT2D eigenvalue weighted by molar-refractivity contribution is 5.90. The van der Waals surface area contributed by atoms with Crippen molar-refractivity contribution in [1.29, 1.82) is 0 Å². The molecule has 0 unspecified atom stereocenters. The number of likely N-dealkylation sites (N-methyl/N-ethyl adjacent to an activating group) is 1. The number of nitrogens with zero attached hydrogens (tertiary/aromatic N) is 2. The van der Waals surface area contributed by atoms with Crippen molar-refractivity contribution in [2.75, 3.05) is 20.1 Å². The summed E-state index contributed by atoms with van der Waals surface area (Å²) in [4.78, 5) is 37.0. The van der Waals surface area contributed by atoms with Crippen molar-refractivity contribution in [3.63, 3.8) is 0 Å². The fourth-order valence-electron chi connectivity index (χ4n) is 2.21. The van der Waals surface area contributed by atoms with Gasteiger partial charge in [-0.25, -0.2) is 5.10 Å². The van der Waals surface area contributed by atoms with E-state index >= 15 is 0 Å². The van der Waals surface area contributed by atoms with Gasteiger partial charge >= 0.3 is 0 Å². The lowest BCUT2D eigenvalue weighted by atomic mass is 10.1. The van der Waals surface area contributed by atoms with E-state index in [9.17, 15) is 14.4 Å². The number of carbonyl (C=O) groups is 2. The van der Waals surface area contributed by atoms with E-state index in [2.05, 4.69) is 15.5 Å². The van der Waals surface area contributed by atoms with Crippen molar-refractivity contribution in [3.05, 3.63) is 40.3 Å². The van der Waals surface area contributed by atoms with Crippen LogP contribution >= 0.6 is 0 Å². The average molecular weight is 316 g/mol. The molecule has 7 heteroatoms. The van der Waals surface area contributed by atoms with Gasteiger partial charge in [0.25, 0.3) is 5.56 Å². The van der Waals surface area contributed by atoms with Gasteiger partial charge in [0.15, 0.2) is 0 Å². The first-order valence-corrected chi connectivity index (χ1v) is 7.50. The van der Waals surface area contributed by atoms with Crippen molar-refractivity contribution in [1.82, 2.24) is 20.4 Å². The largest absolute Gasteiger partial charge is 0.355 e. The molecule has 2 amide bonds. The molecule has 0 spiro atoms. The van der Waals surface area contributed by atoms with Gasteiger partial charge < -0.3 is 10.2 Å². The molecule has 0 aliphatic carbocycles. The lowest BCUT2D eigenvalue weighted by molar-refractivity contribution is -0.134. The van der Waals surface area contributed by atoms with Crippen molar-refractivity contribution in [2.45, 2.75) is 19.8 Å². The van der Waals surface area contributed by atoms with Crippen molar-refractivity contribution >= 4 is 22.6 Å². The van der Waals surface area contributed by atoms with Gasteiger partial charge in [0.1, 0.15) is 0 Å². The first-order chi connectivity index (χ1) is 11.0. The summed E-state index contributed by atoms with van der Waals surface area (Å²) in [5.74, 6) is -0.427. The van der Waals surface area contributed by atoms with Crippen LogP contribution in [0.2, 0.25) is 0 Å². The molecule has 2 N–H and O–H groups in total. The Morgan fingerprint density at radius 2 is 1.96 bits per heavy atom. The summed E-state index contributed by atoms with van der Waals surface area (Å²) in [6, 6.07) is 6.99. The Morgan fingerprint density at radius 3 is 2.65 bits per heavy atom. The molecule has 0 bridgehead atoms. The van der Waals surface area contributed by atoms with Crippen molar-refractivity contribution in [3.8, 4) is 0 Å². The van der Waals surface area contributed by atoms with E-state index in [0.717, 1.165) is 6.42 Å². The van der Waals surface area contributed by atoms with Crippen LogP contribution in [0, 0.1) is 0 Å². The Hall–Kier alpha value is -2.70. The number of hydrogen-bond acceptors (Lipinski definition) is 4. The second-order valence-corrected chi connectivity index (χ2v) is 5.32. The monoisotopic (exact) mass is 316 g/mol. The number of benzene rings is 1. The Morgan fingerprint density at radius 1 is 1.26 bits per heavy atom. The second-order valence-electron chi connectivity index (χ2n) is 5.32. The van der Waals surface area contributed by atoms with Crippen LogP contribution in [0.5, 0.6) is 0 Å². The van der Waals surface area contributed by atoms with E-state index in [4.69, 9.17) is 0 Å². The van der Waals surface area contributed by atoms with Crippen LogP contribution in [0.15, 0.2) is 29.1 Å². The zero-order chi connectivity index (χ0) is 16.8. The number of rotatable bonds is 6. The van der Waals surface area contributed by atoms with Crippen LogP contribution in [0.25, 0.3) is 10.8 Å². The van der Waals surface area contributed by atoms with Gasteiger partial charge in [-0.15, -0.1) is 0 Å². The summed E-state index contributed by atoms with van der Waals surface area (Å²) in [6.45, 7) is 2.55.